The Morgan fingerprint density at radius 2 is 0.848 bits per heavy atom. The van der Waals surface area contributed by atoms with Crippen LogP contribution in [-0.4, -0.2) is 140 Å². The number of allylic oxidation sites excluding steroid dienone is 9. The van der Waals surface area contributed by atoms with Gasteiger partial charge in [-0.25, -0.2) is 0 Å². The molecular formula is C65H117NO13. The Balaban J connectivity index is 1.77. The van der Waals surface area contributed by atoms with Gasteiger partial charge in [0.25, 0.3) is 0 Å². The fourth-order valence-corrected chi connectivity index (χ4v) is 10.3. The minimum absolute atomic E-state index is 0.257. The van der Waals surface area contributed by atoms with Gasteiger partial charge in [-0.1, -0.05) is 235 Å². The molecule has 0 aromatic rings. The van der Waals surface area contributed by atoms with Gasteiger partial charge in [-0.3, -0.25) is 4.79 Å². The van der Waals surface area contributed by atoms with E-state index in [0.29, 0.717) is 12.8 Å². The van der Waals surface area contributed by atoms with Crippen molar-refractivity contribution in [3.05, 3.63) is 60.8 Å². The van der Waals surface area contributed by atoms with Crippen molar-refractivity contribution in [2.24, 2.45) is 0 Å². The second-order valence-corrected chi connectivity index (χ2v) is 22.5. The van der Waals surface area contributed by atoms with E-state index >= 15 is 0 Å². The second-order valence-electron chi connectivity index (χ2n) is 22.5. The highest BCUT2D eigenvalue weighted by Crippen LogP contribution is 2.30. The van der Waals surface area contributed by atoms with Crippen molar-refractivity contribution in [2.45, 2.75) is 325 Å². The zero-order valence-electron chi connectivity index (χ0n) is 49.6. The minimum Gasteiger partial charge on any atom is -0.394 e. The normalized spacial score (nSPS) is 24.8. The third-order valence-electron chi connectivity index (χ3n) is 15.4. The van der Waals surface area contributed by atoms with Crippen molar-refractivity contribution in [1.82, 2.24) is 5.32 Å². The summed E-state index contributed by atoms with van der Waals surface area (Å²) in [7, 11) is 0. The molecule has 0 radical (unpaired) electrons. The van der Waals surface area contributed by atoms with E-state index in [1.165, 1.54) is 154 Å². The maximum Gasteiger partial charge on any atom is 0.220 e. The monoisotopic (exact) mass is 1120 g/mol. The van der Waals surface area contributed by atoms with Crippen molar-refractivity contribution < 1.29 is 64.6 Å². The fraction of sp³-hybridized carbons (Fsp3) is 0.831. The van der Waals surface area contributed by atoms with Crippen LogP contribution in [0.15, 0.2) is 60.8 Å². The summed E-state index contributed by atoms with van der Waals surface area (Å²) in [6.07, 6.45) is 48.3. The number of unbranched alkanes of at least 4 members (excludes halogenated alkanes) is 30. The van der Waals surface area contributed by atoms with Crippen LogP contribution < -0.4 is 5.32 Å². The van der Waals surface area contributed by atoms with Crippen LogP contribution in [0.5, 0.6) is 0 Å². The number of aliphatic hydroxyl groups is 8. The van der Waals surface area contributed by atoms with Crippen LogP contribution in [-0.2, 0) is 23.7 Å². The van der Waals surface area contributed by atoms with Crippen LogP contribution in [0.25, 0.3) is 0 Å². The summed E-state index contributed by atoms with van der Waals surface area (Å²) in [6, 6.07) is -0.942. The molecule has 12 atom stereocenters. The SMILES string of the molecule is CCCCCCC/C=C\C/C=C\C/C=C\CCCCCCCCC(=O)NC(COC1OC(CO)C(OC2OC(CO)C(O)C(O)C2O)C(O)C1O)C(O)/C=C/CC/C=C/CCCCCCCCCCCCCCCCCCCC. The molecule has 79 heavy (non-hydrogen) atoms. The Morgan fingerprint density at radius 3 is 1.33 bits per heavy atom. The second kappa shape index (κ2) is 50.2. The third kappa shape index (κ3) is 35.4. The van der Waals surface area contributed by atoms with Crippen LogP contribution in [0.1, 0.15) is 251 Å². The first kappa shape index (κ1) is 72.8. The lowest BCUT2D eigenvalue weighted by Gasteiger charge is -2.46. The highest BCUT2D eigenvalue weighted by atomic mass is 16.7. The standard InChI is InChI=1S/C65H117NO13/c1-3-5-7-9-11-13-15-17-19-21-23-25-26-27-29-30-32-34-36-38-40-42-44-46-48-54(69)53(52-76-64-62(75)60(73)63(56(51-68)78-64)79-65-61(74)59(72)58(71)55(50-67)77-65)66-57(70)49-47-45-43-41-39-37-35-33-31-28-24-22-20-18-16-14-12-10-8-6-4-2/h16,18,22,24,31,33,38,40,46,48,53-56,58-65,67-69,71-75H,3-15,17,19-21,23,25-30,32,34-37,39,41-45,47,49-52H2,1-2H3,(H,66,70)/b18-16-,24-22-,33-31-,40-38+,48-46+. The predicted octanol–water partition coefficient (Wildman–Crippen LogP) is 11.7. The van der Waals surface area contributed by atoms with Gasteiger partial charge in [-0.2, -0.15) is 0 Å². The first-order chi connectivity index (χ1) is 38.6. The number of rotatable bonds is 51. The van der Waals surface area contributed by atoms with Crippen molar-refractivity contribution in [2.75, 3.05) is 19.8 Å². The third-order valence-corrected chi connectivity index (χ3v) is 15.4. The van der Waals surface area contributed by atoms with E-state index in [2.05, 4.69) is 67.8 Å². The first-order valence-corrected chi connectivity index (χ1v) is 32.0. The molecule has 2 aliphatic rings. The van der Waals surface area contributed by atoms with Crippen LogP contribution in [0.2, 0.25) is 0 Å². The van der Waals surface area contributed by atoms with Crippen LogP contribution >= 0.6 is 0 Å². The molecule has 0 bridgehead atoms. The molecule has 2 rings (SSSR count). The number of carbonyl (C=O) groups excluding carboxylic acids is 1. The van der Waals surface area contributed by atoms with Crippen LogP contribution in [0.3, 0.4) is 0 Å². The van der Waals surface area contributed by atoms with E-state index in [-0.39, 0.29) is 18.9 Å². The Bertz CT molecular complexity index is 1560. The topological polar surface area (TPSA) is 228 Å². The molecule has 9 N–H and O–H groups in total. The Labute approximate surface area is 479 Å². The summed E-state index contributed by atoms with van der Waals surface area (Å²) < 4.78 is 22.8. The summed E-state index contributed by atoms with van der Waals surface area (Å²) in [5, 5.41) is 87.2. The maximum atomic E-state index is 13.3. The summed E-state index contributed by atoms with van der Waals surface area (Å²) in [5.74, 6) is -0.261. The van der Waals surface area contributed by atoms with E-state index in [4.69, 9.17) is 18.9 Å². The highest BCUT2D eigenvalue weighted by Gasteiger charge is 2.51. The van der Waals surface area contributed by atoms with Gasteiger partial charge in [0.15, 0.2) is 12.6 Å². The Hall–Kier alpha value is -2.31. The zero-order valence-corrected chi connectivity index (χ0v) is 49.6. The van der Waals surface area contributed by atoms with E-state index in [1.807, 2.05) is 6.08 Å². The summed E-state index contributed by atoms with van der Waals surface area (Å²) in [6.45, 7) is 2.78. The van der Waals surface area contributed by atoms with E-state index in [9.17, 15) is 45.6 Å². The predicted molar refractivity (Wildman–Crippen MR) is 318 cm³/mol. The van der Waals surface area contributed by atoms with Gasteiger partial charge in [0.1, 0.15) is 48.8 Å². The van der Waals surface area contributed by atoms with Gasteiger partial charge in [0.2, 0.25) is 5.91 Å². The number of aliphatic hydroxyl groups excluding tert-OH is 8. The van der Waals surface area contributed by atoms with Gasteiger partial charge in [0.05, 0.1) is 32.0 Å². The molecule has 12 unspecified atom stereocenters. The number of nitrogens with one attached hydrogen (secondary N) is 1. The van der Waals surface area contributed by atoms with Crippen molar-refractivity contribution in [1.29, 1.82) is 0 Å². The molecule has 0 aromatic heterocycles. The molecule has 14 nitrogen and oxygen atoms in total. The number of carbonyl (C=O) groups is 1. The molecule has 0 aliphatic carbocycles. The molecule has 2 heterocycles. The molecule has 2 aliphatic heterocycles. The largest absolute Gasteiger partial charge is 0.394 e. The molecule has 0 aromatic carbocycles. The quantitative estimate of drug-likeness (QED) is 0.0204. The highest BCUT2D eigenvalue weighted by molar-refractivity contribution is 5.76. The van der Waals surface area contributed by atoms with Gasteiger partial charge in [-0.15, -0.1) is 0 Å². The van der Waals surface area contributed by atoms with Crippen molar-refractivity contribution in [3.63, 3.8) is 0 Å². The maximum absolute atomic E-state index is 13.3. The Morgan fingerprint density at radius 1 is 0.456 bits per heavy atom. The lowest BCUT2D eigenvalue weighted by molar-refractivity contribution is -0.359. The fourth-order valence-electron chi connectivity index (χ4n) is 10.3. The zero-order chi connectivity index (χ0) is 57.4. The molecule has 2 fully saturated rings. The lowest BCUT2D eigenvalue weighted by atomic mass is 9.97. The average Bonchev–Trinajstić information content (AvgIpc) is 3.47. The Kier molecular flexibility index (Phi) is 46.3. The molecule has 2 saturated heterocycles. The summed E-state index contributed by atoms with van der Waals surface area (Å²) in [4.78, 5) is 13.3. The number of ether oxygens (including phenoxy) is 4. The molecule has 0 saturated carbocycles. The molecule has 14 heteroatoms. The smallest absolute Gasteiger partial charge is 0.220 e. The van der Waals surface area contributed by atoms with Crippen LogP contribution in [0, 0.1) is 0 Å². The van der Waals surface area contributed by atoms with Gasteiger partial charge in [-0.05, 0) is 70.6 Å². The van der Waals surface area contributed by atoms with E-state index < -0.39 is 86.8 Å². The van der Waals surface area contributed by atoms with E-state index in [1.54, 1.807) is 6.08 Å². The molecule has 0 spiro atoms. The summed E-state index contributed by atoms with van der Waals surface area (Å²) >= 11 is 0. The summed E-state index contributed by atoms with van der Waals surface area (Å²) in [5.41, 5.74) is 0. The molecular weight excluding hydrogens is 1000 g/mol. The lowest BCUT2D eigenvalue weighted by Crippen LogP contribution is -2.65. The minimum atomic E-state index is -1.79. The van der Waals surface area contributed by atoms with Gasteiger partial charge >= 0.3 is 0 Å². The molecule has 1 amide bonds. The van der Waals surface area contributed by atoms with Crippen molar-refractivity contribution in [3.8, 4) is 0 Å². The van der Waals surface area contributed by atoms with E-state index in [0.717, 1.165) is 64.2 Å². The number of amides is 1. The average molecular weight is 1120 g/mol. The van der Waals surface area contributed by atoms with Gasteiger partial charge in [0, 0.05) is 6.42 Å². The number of hydrogen-bond donors (Lipinski definition) is 9. The molecule has 460 valence electrons. The van der Waals surface area contributed by atoms with Crippen LogP contribution in [0.4, 0.5) is 0 Å². The van der Waals surface area contributed by atoms with Gasteiger partial charge < -0.3 is 65.1 Å². The first-order valence-electron chi connectivity index (χ1n) is 32.0. The number of hydrogen-bond acceptors (Lipinski definition) is 13. The van der Waals surface area contributed by atoms with Crippen molar-refractivity contribution >= 4 is 5.91 Å².